The number of hydrogen-bond acceptors (Lipinski definition) is 5. The summed E-state index contributed by atoms with van der Waals surface area (Å²) in [4.78, 5) is 37.6. The van der Waals surface area contributed by atoms with Crippen molar-refractivity contribution in [2.24, 2.45) is 11.8 Å². The van der Waals surface area contributed by atoms with Gasteiger partial charge in [-0.3, -0.25) is 19.8 Å². The maximum atomic E-state index is 12.6. The molecule has 138 valence electrons. The van der Waals surface area contributed by atoms with E-state index in [1.165, 1.54) is 0 Å². The van der Waals surface area contributed by atoms with Crippen molar-refractivity contribution in [2.75, 3.05) is 0 Å². The number of carbonyl (C=O) groups is 3. The van der Waals surface area contributed by atoms with Crippen LogP contribution in [0.1, 0.15) is 30.9 Å². The lowest BCUT2D eigenvalue weighted by Crippen LogP contribution is -2.51. The van der Waals surface area contributed by atoms with E-state index in [0.29, 0.717) is 5.75 Å². The molecule has 3 aliphatic rings. The van der Waals surface area contributed by atoms with Gasteiger partial charge in [-0.2, -0.15) is 5.01 Å². The second-order valence-corrected chi connectivity index (χ2v) is 7.41. The summed E-state index contributed by atoms with van der Waals surface area (Å²) in [5.74, 6) is -1.63. The fourth-order valence-corrected chi connectivity index (χ4v) is 4.28. The van der Waals surface area contributed by atoms with E-state index in [1.807, 2.05) is 32.0 Å². The summed E-state index contributed by atoms with van der Waals surface area (Å²) in [5.41, 5.74) is 4.50. The number of amides is 3. The maximum absolute atomic E-state index is 12.6. The average Bonchev–Trinajstić information content (AvgIpc) is 3.23. The minimum atomic E-state index is -0.842. The number of aryl methyl sites for hydroxylation is 2. The van der Waals surface area contributed by atoms with E-state index in [-0.39, 0.29) is 24.0 Å². The average molecular weight is 358 g/mol. The minimum Gasteiger partial charge on any atom is -0.481 e. The molecule has 0 unspecified atom stereocenters. The summed E-state index contributed by atoms with van der Waals surface area (Å²) in [7, 11) is 0. The number of ether oxygens (including phenoxy) is 2. The molecular weight excluding hydrogens is 336 g/mol. The largest absolute Gasteiger partial charge is 0.481 e. The number of rotatable bonds is 4. The molecule has 4 rings (SSSR count). The molecule has 26 heavy (non-hydrogen) atoms. The summed E-state index contributed by atoms with van der Waals surface area (Å²) in [6, 6.07) is 5.68. The lowest BCUT2D eigenvalue weighted by molar-refractivity contribution is -0.153. The molecule has 0 aliphatic carbocycles. The Kier molecular flexibility index (Phi) is 3.99. The molecule has 3 saturated heterocycles. The number of carbonyl (C=O) groups excluding carboxylic acids is 3. The molecule has 1 aromatic carbocycles. The van der Waals surface area contributed by atoms with Crippen LogP contribution in [0.3, 0.4) is 0 Å². The number of hydrogen-bond donors (Lipinski definition) is 1. The molecule has 0 radical (unpaired) electrons. The predicted molar refractivity (Wildman–Crippen MR) is 90.9 cm³/mol. The molecule has 3 amide bonds. The number of nitrogens with zero attached hydrogens (tertiary/aromatic N) is 1. The Morgan fingerprint density at radius 3 is 2.19 bits per heavy atom. The molecular formula is C19H22N2O5. The summed E-state index contributed by atoms with van der Waals surface area (Å²) in [6.07, 6.45) is 0.336. The Labute approximate surface area is 151 Å². The SMILES string of the molecule is Cc1cc(C)cc(O[C@H](C)C(=O)NN2C(=O)[C@H]3[C@H](C2=O)[C@H]2CC[C@H]3O2)c1. The molecule has 7 heteroatoms. The zero-order chi connectivity index (χ0) is 18.6. The molecule has 7 nitrogen and oxygen atoms in total. The van der Waals surface area contributed by atoms with Crippen molar-refractivity contribution < 1.29 is 23.9 Å². The van der Waals surface area contributed by atoms with E-state index in [4.69, 9.17) is 9.47 Å². The fraction of sp³-hybridized carbons (Fsp3) is 0.526. The van der Waals surface area contributed by atoms with Crippen molar-refractivity contribution in [3.8, 4) is 5.75 Å². The van der Waals surface area contributed by atoms with E-state index in [9.17, 15) is 14.4 Å². The summed E-state index contributed by atoms with van der Waals surface area (Å²) < 4.78 is 11.4. The van der Waals surface area contributed by atoms with Gasteiger partial charge in [0.05, 0.1) is 24.0 Å². The molecule has 1 N–H and O–H groups in total. The van der Waals surface area contributed by atoms with Crippen molar-refractivity contribution in [1.82, 2.24) is 10.4 Å². The molecule has 2 bridgehead atoms. The van der Waals surface area contributed by atoms with E-state index < -0.39 is 23.8 Å². The zero-order valence-electron chi connectivity index (χ0n) is 15.0. The maximum Gasteiger partial charge on any atom is 0.279 e. The second-order valence-electron chi connectivity index (χ2n) is 7.41. The topological polar surface area (TPSA) is 84.9 Å². The van der Waals surface area contributed by atoms with Gasteiger partial charge >= 0.3 is 0 Å². The van der Waals surface area contributed by atoms with Gasteiger partial charge < -0.3 is 9.47 Å². The minimum absolute atomic E-state index is 0.202. The molecule has 5 atom stereocenters. The lowest BCUT2D eigenvalue weighted by atomic mass is 9.81. The van der Waals surface area contributed by atoms with Gasteiger partial charge in [-0.1, -0.05) is 6.07 Å². The standard InChI is InChI=1S/C19H22N2O5/c1-9-6-10(2)8-12(7-9)25-11(3)17(22)20-21-18(23)15-13-4-5-14(26-13)16(15)19(21)24/h6-8,11,13-16H,4-5H2,1-3H3,(H,20,22)/t11-,13-,14-,15-,16-/m1/s1. The van der Waals surface area contributed by atoms with Crippen LogP contribution in [-0.2, 0) is 19.1 Å². The summed E-state index contributed by atoms with van der Waals surface area (Å²) in [5, 5.41) is 0.868. The first kappa shape index (κ1) is 17.0. The zero-order valence-corrected chi connectivity index (χ0v) is 15.0. The third kappa shape index (κ3) is 2.67. The smallest absolute Gasteiger partial charge is 0.279 e. The quantitative estimate of drug-likeness (QED) is 0.819. The van der Waals surface area contributed by atoms with Crippen LogP contribution in [-0.4, -0.2) is 41.0 Å². The molecule has 0 aromatic heterocycles. The third-order valence-corrected chi connectivity index (χ3v) is 5.38. The number of hydrazine groups is 1. The number of fused-ring (bicyclic) bond motifs is 5. The van der Waals surface area contributed by atoms with Crippen molar-refractivity contribution in [3.05, 3.63) is 29.3 Å². The monoisotopic (exact) mass is 358 g/mol. The summed E-state index contributed by atoms with van der Waals surface area (Å²) in [6.45, 7) is 5.48. The Morgan fingerprint density at radius 2 is 1.65 bits per heavy atom. The fourth-order valence-electron chi connectivity index (χ4n) is 4.28. The first-order chi connectivity index (χ1) is 12.3. The normalized spacial score (nSPS) is 30.5. The molecule has 0 spiro atoms. The van der Waals surface area contributed by atoms with Crippen LogP contribution in [0.15, 0.2) is 18.2 Å². The van der Waals surface area contributed by atoms with Crippen LogP contribution < -0.4 is 10.2 Å². The van der Waals surface area contributed by atoms with Gasteiger partial charge in [-0.15, -0.1) is 0 Å². The second kappa shape index (κ2) is 6.09. The lowest BCUT2D eigenvalue weighted by Gasteiger charge is -2.21. The highest BCUT2D eigenvalue weighted by Crippen LogP contribution is 2.48. The van der Waals surface area contributed by atoms with E-state index in [0.717, 1.165) is 29.0 Å². The highest BCUT2D eigenvalue weighted by Gasteiger charge is 2.63. The first-order valence-corrected chi connectivity index (χ1v) is 8.94. The highest BCUT2D eigenvalue weighted by molar-refractivity contribution is 6.07. The third-order valence-electron chi connectivity index (χ3n) is 5.38. The molecule has 0 saturated carbocycles. The van der Waals surface area contributed by atoms with Gasteiger partial charge in [0.15, 0.2) is 6.10 Å². The Hall–Kier alpha value is -2.41. The van der Waals surface area contributed by atoms with E-state index >= 15 is 0 Å². The van der Waals surface area contributed by atoms with Crippen LogP contribution in [0.25, 0.3) is 0 Å². The van der Waals surface area contributed by atoms with Crippen molar-refractivity contribution in [1.29, 1.82) is 0 Å². The molecule has 3 fully saturated rings. The van der Waals surface area contributed by atoms with Gasteiger partial charge in [0, 0.05) is 0 Å². The van der Waals surface area contributed by atoms with Crippen LogP contribution >= 0.6 is 0 Å². The Bertz CT molecular complexity index is 744. The number of nitrogens with one attached hydrogen (secondary N) is 1. The first-order valence-electron chi connectivity index (χ1n) is 8.94. The van der Waals surface area contributed by atoms with Crippen molar-refractivity contribution in [3.63, 3.8) is 0 Å². The van der Waals surface area contributed by atoms with Gasteiger partial charge in [0.25, 0.3) is 17.7 Å². The Balaban J connectivity index is 1.43. The van der Waals surface area contributed by atoms with Crippen molar-refractivity contribution in [2.45, 2.75) is 51.9 Å². The van der Waals surface area contributed by atoms with Crippen LogP contribution in [0.4, 0.5) is 0 Å². The van der Waals surface area contributed by atoms with Crippen molar-refractivity contribution >= 4 is 17.7 Å². The van der Waals surface area contributed by atoms with Crippen LogP contribution in [0, 0.1) is 25.7 Å². The van der Waals surface area contributed by atoms with Crippen LogP contribution in [0.5, 0.6) is 5.75 Å². The van der Waals surface area contributed by atoms with Gasteiger partial charge in [0.1, 0.15) is 5.75 Å². The predicted octanol–water partition coefficient (Wildman–Crippen LogP) is 1.26. The highest BCUT2D eigenvalue weighted by atomic mass is 16.5. The van der Waals surface area contributed by atoms with Crippen LogP contribution in [0.2, 0.25) is 0 Å². The molecule has 3 heterocycles. The number of imide groups is 1. The van der Waals surface area contributed by atoms with Gasteiger partial charge in [0.2, 0.25) is 0 Å². The van der Waals surface area contributed by atoms with Gasteiger partial charge in [-0.25, -0.2) is 0 Å². The molecule has 3 aliphatic heterocycles. The van der Waals surface area contributed by atoms with E-state index in [2.05, 4.69) is 5.43 Å². The van der Waals surface area contributed by atoms with E-state index in [1.54, 1.807) is 6.92 Å². The molecule has 1 aromatic rings. The summed E-state index contributed by atoms with van der Waals surface area (Å²) >= 11 is 0. The Morgan fingerprint density at radius 1 is 1.12 bits per heavy atom. The number of benzene rings is 1. The van der Waals surface area contributed by atoms with Gasteiger partial charge in [-0.05, 0) is 56.9 Å².